The molecule has 158 valence electrons. The quantitative estimate of drug-likeness (QED) is 0.303. The molecule has 0 bridgehead atoms. The fourth-order valence-corrected chi connectivity index (χ4v) is 2.97. The summed E-state index contributed by atoms with van der Waals surface area (Å²) in [6.07, 6.45) is 8.41. The van der Waals surface area contributed by atoms with Crippen molar-refractivity contribution < 1.29 is 9.53 Å². The zero-order chi connectivity index (χ0) is 21.3. The van der Waals surface area contributed by atoms with Crippen LogP contribution < -0.4 is 10.6 Å². The van der Waals surface area contributed by atoms with Gasteiger partial charge in [-0.1, -0.05) is 19.8 Å². The normalized spacial score (nSPS) is 10.7. The molecule has 0 amide bonds. The molecule has 3 rings (SSSR count). The molecule has 2 N–H and O–H groups in total. The van der Waals surface area contributed by atoms with Gasteiger partial charge >= 0.3 is 5.97 Å². The Balaban J connectivity index is 1.70. The van der Waals surface area contributed by atoms with Crippen LogP contribution in [0.15, 0.2) is 30.7 Å². The molecule has 3 aromatic rings. The van der Waals surface area contributed by atoms with Crippen molar-refractivity contribution in [1.29, 1.82) is 0 Å². The van der Waals surface area contributed by atoms with Gasteiger partial charge in [-0.3, -0.25) is 14.5 Å². The van der Waals surface area contributed by atoms with E-state index in [2.05, 4.69) is 37.6 Å². The van der Waals surface area contributed by atoms with E-state index in [4.69, 9.17) is 17.0 Å². The van der Waals surface area contributed by atoms with Crippen LogP contribution in [0.4, 0.5) is 5.82 Å². The van der Waals surface area contributed by atoms with Crippen molar-refractivity contribution in [2.75, 3.05) is 18.5 Å². The SMILES string of the molecule is CCCCCNC(=S)Nc1ccc2ncc(-c3cnn(CC(=O)OCC)c3)nc2n1. The molecule has 0 saturated carbocycles. The van der Waals surface area contributed by atoms with E-state index < -0.39 is 0 Å². The highest BCUT2D eigenvalue weighted by molar-refractivity contribution is 7.80. The molecule has 0 spiro atoms. The van der Waals surface area contributed by atoms with E-state index in [9.17, 15) is 4.79 Å². The summed E-state index contributed by atoms with van der Waals surface area (Å²) in [6.45, 7) is 5.14. The maximum absolute atomic E-state index is 11.6. The lowest BCUT2D eigenvalue weighted by atomic mass is 10.2. The second kappa shape index (κ2) is 10.6. The maximum atomic E-state index is 11.6. The van der Waals surface area contributed by atoms with Crippen LogP contribution in [0.2, 0.25) is 0 Å². The molecular weight excluding hydrogens is 402 g/mol. The Kier molecular flexibility index (Phi) is 7.61. The van der Waals surface area contributed by atoms with Gasteiger partial charge in [-0.15, -0.1) is 0 Å². The van der Waals surface area contributed by atoms with Crippen molar-refractivity contribution in [2.24, 2.45) is 0 Å². The summed E-state index contributed by atoms with van der Waals surface area (Å²) in [6, 6.07) is 3.65. The monoisotopic (exact) mass is 427 g/mol. The second-order valence-electron chi connectivity index (χ2n) is 6.61. The van der Waals surface area contributed by atoms with Gasteiger partial charge in [-0.25, -0.2) is 9.97 Å². The third-order valence-corrected chi connectivity index (χ3v) is 4.49. The molecule has 3 aromatic heterocycles. The lowest BCUT2D eigenvalue weighted by Gasteiger charge is -2.10. The van der Waals surface area contributed by atoms with E-state index in [-0.39, 0.29) is 12.5 Å². The van der Waals surface area contributed by atoms with E-state index in [1.807, 2.05) is 12.1 Å². The molecule has 3 heterocycles. The summed E-state index contributed by atoms with van der Waals surface area (Å²) in [7, 11) is 0. The Hall–Kier alpha value is -3.14. The lowest BCUT2D eigenvalue weighted by Crippen LogP contribution is -2.29. The minimum absolute atomic E-state index is 0.0455. The highest BCUT2D eigenvalue weighted by Crippen LogP contribution is 2.19. The highest BCUT2D eigenvalue weighted by atomic mass is 32.1. The Labute approximate surface area is 180 Å². The molecule has 0 aliphatic carbocycles. The van der Waals surface area contributed by atoms with Crippen molar-refractivity contribution in [3.05, 3.63) is 30.7 Å². The Bertz CT molecular complexity index is 1020. The number of hydrogen-bond donors (Lipinski definition) is 2. The number of carbonyl (C=O) groups is 1. The van der Waals surface area contributed by atoms with Crippen LogP contribution in [0, 0.1) is 0 Å². The maximum Gasteiger partial charge on any atom is 0.327 e. The number of ether oxygens (including phenoxy) is 1. The number of unbranched alkanes of at least 4 members (excludes halogenated alkanes) is 2. The van der Waals surface area contributed by atoms with Crippen molar-refractivity contribution in [3.8, 4) is 11.3 Å². The summed E-state index contributed by atoms with van der Waals surface area (Å²) >= 11 is 5.32. The lowest BCUT2D eigenvalue weighted by molar-refractivity contribution is -0.144. The van der Waals surface area contributed by atoms with Crippen molar-refractivity contribution in [3.63, 3.8) is 0 Å². The number of hydrogen-bond acceptors (Lipinski definition) is 7. The van der Waals surface area contributed by atoms with Crippen LogP contribution >= 0.6 is 12.2 Å². The topological polar surface area (TPSA) is 107 Å². The molecule has 0 aliphatic heterocycles. The van der Waals surface area contributed by atoms with Gasteiger partial charge in [-0.2, -0.15) is 5.10 Å². The predicted octanol–water partition coefficient (Wildman–Crippen LogP) is 2.93. The minimum Gasteiger partial charge on any atom is -0.465 e. The van der Waals surface area contributed by atoms with Crippen LogP contribution in [-0.4, -0.2) is 49.0 Å². The smallest absolute Gasteiger partial charge is 0.327 e. The number of carbonyl (C=O) groups excluding carboxylic acids is 1. The Morgan fingerprint density at radius 3 is 2.87 bits per heavy atom. The molecule has 0 atom stereocenters. The molecule has 0 aliphatic rings. The average Bonchev–Trinajstić information content (AvgIpc) is 3.19. The highest BCUT2D eigenvalue weighted by Gasteiger charge is 2.10. The first-order valence-corrected chi connectivity index (χ1v) is 10.4. The zero-order valence-corrected chi connectivity index (χ0v) is 17.9. The number of anilines is 1. The molecule has 9 nitrogen and oxygen atoms in total. The molecule has 0 aromatic carbocycles. The number of nitrogens with zero attached hydrogens (tertiary/aromatic N) is 5. The summed E-state index contributed by atoms with van der Waals surface area (Å²) < 4.78 is 6.45. The predicted molar refractivity (Wildman–Crippen MR) is 119 cm³/mol. The van der Waals surface area contributed by atoms with Gasteiger partial charge in [0.1, 0.15) is 17.9 Å². The van der Waals surface area contributed by atoms with Gasteiger partial charge < -0.3 is 15.4 Å². The van der Waals surface area contributed by atoms with E-state index in [1.165, 1.54) is 11.1 Å². The number of esters is 1. The average molecular weight is 428 g/mol. The molecular formula is C20H25N7O2S. The number of thiocarbonyl (C=S) groups is 1. The van der Waals surface area contributed by atoms with Crippen molar-refractivity contribution in [1.82, 2.24) is 30.0 Å². The molecule has 30 heavy (non-hydrogen) atoms. The van der Waals surface area contributed by atoms with E-state index >= 15 is 0 Å². The van der Waals surface area contributed by atoms with Crippen molar-refractivity contribution >= 4 is 40.3 Å². The second-order valence-corrected chi connectivity index (χ2v) is 7.02. The fourth-order valence-electron chi connectivity index (χ4n) is 2.77. The van der Waals surface area contributed by atoms with Crippen LogP contribution in [0.1, 0.15) is 33.1 Å². The van der Waals surface area contributed by atoms with Crippen LogP contribution in [0.25, 0.3) is 22.4 Å². The number of nitrogens with one attached hydrogen (secondary N) is 2. The molecule has 0 unspecified atom stereocenters. The van der Waals surface area contributed by atoms with E-state index in [0.717, 1.165) is 24.9 Å². The van der Waals surface area contributed by atoms with Crippen LogP contribution in [0.5, 0.6) is 0 Å². The molecule has 10 heteroatoms. The van der Waals surface area contributed by atoms with Gasteiger partial charge in [0.15, 0.2) is 10.8 Å². The molecule has 0 fully saturated rings. The van der Waals surface area contributed by atoms with Gasteiger partial charge in [0.2, 0.25) is 0 Å². The minimum atomic E-state index is -0.339. The number of pyridine rings is 1. The first kappa shape index (κ1) is 21.6. The standard InChI is InChI=1S/C20H25N7O2S/c1-3-5-6-9-21-20(30)26-17-8-7-15-19(25-17)24-16(11-22-15)14-10-23-27(12-14)13-18(28)29-4-2/h7-8,10-12H,3-6,9,13H2,1-2H3,(H2,21,24,25,26,30). The van der Waals surface area contributed by atoms with Crippen molar-refractivity contribution in [2.45, 2.75) is 39.7 Å². The fraction of sp³-hybridized carbons (Fsp3) is 0.400. The summed E-state index contributed by atoms with van der Waals surface area (Å²) in [4.78, 5) is 25.1. The van der Waals surface area contributed by atoms with Gasteiger partial charge in [0, 0.05) is 18.3 Å². The molecule has 0 saturated heterocycles. The van der Waals surface area contributed by atoms with Crippen LogP contribution in [-0.2, 0) is 16.1 Å². The third kappa shape index (κ3) is 5.93. The number of fused-ring (bicyclic) bond motifs is 1. The molecule has 0 radical (unpaired) electrons. The van der Waals surface area contributed by atoms with Gasteiger partial charge in [-0.05, 0) is 37.7 Å². The van der Waals surface area contributed by atoms with E-state index in [1.54, 1.807) is 25.5 Å². The van der Waals surface area contributed by atoms with Crippen LogP contribution in [0.3, 0.4) is 0 Å². The van der Waals surface area contributed by atoms with Gasteiger partial charge in [0.25, 0.3) is 0 Å². The largest absolute Gasteiger partial charge is 0.465 e. The first-order valence-electron chi connectivity index (χ1n) is 9.96. The first-order chi connectivity index (χ1) is 14.6. The zero-order valence-electron chi connectivity index (χ0n) is 17.1. The summed E-state index contributed by atoms with van der Waals surface area (Å²) in [5.41, 5.74) is 2.51. The summed E-state index contributed by atoms with van der Waals surface area (Å²) in [5, 5.41) is 11.0. The van der Waals surface area contributed by atoms with E-state index in [0.29, 0.717) is 34.4 Å². The number of rotatable bonds is 9. The summed E-state index contributed by atoms with van der Waals surface area (Å²) in [5.74, 6) is 0.258. The third-order valence-electron chi connectivity index (χ3n) is 4.24. The van der Waals surface area contributed by atoms with Gasteiger partial charge in [0.05, 0.1) is 24.7 Å². The Morgan fingerprint density at radius 1 is 1.20 bits per heavy atom. The number of aromatic nitrogens is 5. The Morgan fingerprint density at radius 2 is 2.07 bits per heavy atom.